The van der Waals surface area contributed by atoms with Gasteiger partial charge in [-0.3, -0.25) is 0 Å². The van der Waals surface area contributed by atoms with Crippen LogP contribution in [0.2, 0.25) is 0 Å². The van der Waals surface area contributed by atoms with Crippen LogP contribution >= 0.6 is 15.9 Å². The van der Waals surface area contributed by atoms with Crippen LogP contribution in [-0.2, 0) is 6.61 Å². The molecule has 2 aromatic rings. The Morgan fingerprint density at radius 1 is 1.17 bits per heavy atom. The number of hydrogen-bond acceptors (Lipinski definition) is 1. The third kappa shape index (κ3) is 2.72. The standard InChI is InChI=1S/C15H14BrFO/c1-10-8-13(15(17)11(2)14(10)16)18-9-12-6-4-3-5-7-12/h3-8H,9H2,1-2H3. The summed E-state index contributed by atoms with van der Waals surface area (Å²) in [5.41, 5.74) is 2.57. The molecule has 0 saturated heterocycles. The smallest absolute Gasteiger partial charge is 0.169 e. The first-order chi connectivity index (χ1) is 8.59. The molecule has 3 heteroatoms. The molecule has 0 N–H and O–H groups in total. The summed E-state index contributed by atoms with van der Waals surface area (Å²) in [6, 6.07) is 11.4. The fraction of sp³-hybridized carbons (Fsp3) is 0.200. The molecule has 0 atom stereocenters. The number of ether oxygens (including phenoxy) is 1. The van der Waals surface area contributed by atoms with E-state index < -0.39 is 0 Å². The van der Waals surface area contributed by atoms with Gasteiger partial charge in [0.1, 0.15) is 6.61 Å². The fourth-order valence-electron chi connectivity index (χ4n) is 1.74. The summed E-state index contributed by atoms with van der Waals surface area (Å²) in [7, 11) is 0. The predicted molar refractivity (Wildman–Crippen MR) is 74.3 cm³/mol. The van der Waals surface area contributed by atoms with Crippen LogP contribution in [0.15, 0.2) is 40.9 Å². The lowest BCUT2D eigenvalue weighted by molar-refractivity contribution is 0.289. The average molecular weight is 309 g/mol. The fourth-order valence-corrected chi connectivity index (χ4v) is 2.03. The predicted octanol–water partition coefficient (Wildman–Crippen LogP) is 4.78. The molecule has 0 unspecified atom stereocenters. The van der Waals surface area contributed by atoms with Crippen molar-refractivity contribution in [3.05, 3.63) is 63.4 Å². The van der Waals surface area contributed by atoms with E-state index in [9.17, 15) is 4.39 Å². The van der Waals surface area contributed by atoms with E-state index in [1.807, 2.05) is 37.3 Å². The van der Waals surface area contributed by atoms with Crippen LogP contribution in [0.5, 0.6) is 5.75 Å². The molecule has 94 valence electrons. The van der Waals surface area contributed by atoms with Crippen LogP contribution < -0.4 is 4.74 Å². The van der Waals surface area contributed by atoms with Gasteiger partial charge in [-0.2, -0.15) is 0 Å². The number of benzene rings is 2. The summed E-state index contributed by atoms with van der Waals surface area (Å²) in [6.07, 6.45) is 0. The van der Waals surface area contributed by atoms with Gasteiger partial charge in [-0.1, -0.05) is 46.3 Å². The summed E-state index contributed by atoms with van der Waals surface area (Å²) >= 11 is 3.36. The first kappa shape index (κ1) is 13.1. The van der Waals surface area contributed by atoms with Crippen LogP contribution in [0.3, 0.4) is 0 Å². The SMILES string of the molecule is Cc1cc(OCc2ccccc2)c(F)c(C)c1Br. The van der Waals surface area contributed by atoms with Crippen molar-refractivity contribution in [2.75, 3.05) is 0 Å². The van der Waals surface area contributed by atoms with Gasteiger partial charge in [0.05, 0.1) is 0 Å². The summed E-state index contributed by atoms with van der Waals surface area (Å²) < 4.78 is 20.3. The quantitative estimate of drug-likeness (QED) is 0.792. The van der Waals surface area contributed by atoms with Gasteiger partial charge in [0.15, 0.2) is 11.6 Å². The number of aryl methyl sites for hydroxylation is 1. The van der Waals surface area contributed by atoms with Crippen molar-refractivity contribution < 1.29 is 9.13 Å². The Morgan fingerprint density at radius 3 is 2.50 bits per heavy atom. The first-order valence-corrected chi connectivity index (χ1v) is 6.51. The van der Waals surface area contributed by atoms with Crippen LogP contribution in [0.1, 0.15) is 16.7 Å². The van der Waals surface area contributed by atoms with E-state index in [0.29, 0.717) is 17.9 Å². The molecule has 2 rings (SSSR count). The third-order valence-corrected chi connectivity index (χ3v) is 4.03. The Balaban J connectivity index is 2.20. The van der Waals surface area contributed by atoms with Crippen molar-refractivity contribution in [1.29, 1.82) is 0 Å². The monoisotopic (exact) mass is 308 g/mol. The number of rotatable bonds is 3. The minimum absolute atomic E-state index is 0.302. The van der Waals surface area contributed by atoms with E-state index in [1.165, 1.54) is 0 Å². The summed E-state index contributed by atoms with van der Waals surface area (Å²) in [5.74, 6) is 0.000425. The van der Waals surface area contributed by atoms with Crippen LogP contribution in [-0.4, -0.2) is 0 Å². The molecular formula is C15H14BrFO. The molecule has 0 spiro atoms. The molecule has 18 heavy (non-hydrogen) atoms. The molecule has 2 aromatic carbocycles. The highest BCUT2D eigenvalue weighted by Gasteiger charge is 2.12. The van der Waals surface area contributed by atoms with E-state index in [0.717, 1.165) is 15.6 Å². The van der Waals surface area contributed by atoms with Gasteiger partial charge in [-0.15, -0.1) is 0 Å². The lowest BCUT2D eigenvalue weighted by Crippen LogP contribution is -2.00. The van der Waals surface area contributed by atoms with Crippen LogP contribution in [0.25, 0.3) is 0 Å². The van der Waals surface area contributed by atoms with Crippen molar-refractivity contribution in [2.45, 2.75) is 20.5 Å². The third-order valence-electron chi connectivity index (χ3n) is 2.81. The van der Waals surface area contributed by atoms with E-state index >= 15 is 0 Å². The van der Waals surface area contributed by atoms with Crippen molar-refractivity contribution in [3.63, 3.8) is 0 Å². The second-order valence-electron chi connectivity index (χ2n) is 4.22. The van der Waals surface area contributed by atoms with Gasteiger partial charge < -0.3 is 4.74 Å². The van der Waals surface area contributed by atoms with E-state index in [-0.39, 0.29) is 5.82 Å². The molecule has 0 radical (unpaired) electrons. The van der Waals surface area contributed by atoms with Crippen LogP contribution in [0.4, 0.5) is 4.39 Å². The minimum atomic E-state index is -0.302. The first-order valence-electron chi connectivity index (χ1n) is 5.71. The Bertz CT molecular complexity index is 552. The second-order valence-corrected chi connectivity index (χ2v) is 5.01. The van der Waals surface area contributed by atoms with E-state index in [1.54, 1.807) is 13.0 Å². The van der Waals surface area contributed by atoms with Gasteiger partial charge in [-0.05, 0) is 31.0 Å². The zero-order valence-electron chi connectivity index (χ0n) is 10.3. The zero-order valence-corrected chi connectivity index (χ0v) is 11.9. The van der Waals surface area contributed by atoms with Gasteiger partial charge in [0, 0.05) is 10.0 Å². The molecule has 0 bridgehead atoms. The molecule has 0 heterocycles. The Morgan fingerprint density at radius 2 is 1.83 bits per heavy atom. The Hall–Kier alpha value is -1.35. The molecular weight excluding hydrogens is 295 g/mol. The molecule has 0 fully saturated rings. The zero-order chi connectivity index (χ0) is 13.1. The van der Waals surface area contributed by atoms with Crippen LogP contribution in [0, 0.1) is 19.7 Å². The maximum Gasteiger partial charge on any atom is 0.169 e. The highest BCUT2D eigenvalue weighted by molar-refractivity contribution is 9.10. The van der Waals surface area contributed by atoms with Crippen molar-refractivity contribution in [3.8, 4) is 5.75 Å². The van der Waals surface area contributed by atoms with E-state index in [4.69, 9.17) is 4.74 Å². The minimum Gasteiger partial charge on any atom is -0.486 e. The van der Waals surface area contributed by atoms with E-state index in [2.05, 4.69) is 15.9 Å². The summed E-state index contributed by atoms with van der Waals surface area (Å²) in [6.45, 7) is 4.03. The lowest BCUT2D eigenvalue weighted by Gasteiger charge is -2.12. The molecule has 0 saturated carbocycles. The Kier molecular flexibility index (Phi) is 4.02. The maximum absolute atomic E-state index is 14.0. The van der Waals surface area contributed by atoms with Gasteiger partial charge in [0.2, 0.25) is 0 Å². The van der Waals surface area contributed by atoms with Crippen molar-refractivity contribution in [2.24, 2.45) is 0 Å². The molecule has 0 aliphatic carbocycles. The van der Waals surface area contributed by atoms with Crippen molar-refractivity contribution >= 4 is 15.9 Å². The number of hydrogen-bond donors (Lipinski definition) is 0. The molecule has 0 amide bonds. The normalized spacial score (nSPS) is 10.4. The summed E-state index contributed by atoms with van der Waals surface area (Å²) in [5, 5.41) is 0. The largest absolute Gasteiger partial charge is 0.486 e. The maximum atomic E-state index is 14.0. The summed E-state index contributed by atoms with van der Waals surface area (Å²) in [4.78, 5) is 0. The number of halogens is 2. The average Bonchev–Trinajstić information content (AvgIpc) is 2.40. The topological polar surface area (TPSA) is 9.23 Å². The van der Waals surface area contributed by atoms with Gasteiger partial charge in [-0.25, -0.2) is 4.39 Å². The van der Waals surface area contributed by atoms with Crippen molar-refractivity contribution in [1.82, 2.24) is 0 Å². The highest BCUT2D eigenvalue weighted by atomic mass is 79.9. The molecule has 0 aliphatic rings. The second kappa shape index (κ2) is 5.53. The molecule has 0 aromatic heterocycles. The molecule has 1 nitrogen and oxygen atoms in total. The Labute approximate surface area is 115 Å². The lowest BCUT2D eigenvalue weighted by atomic mass is 10.1. The van der Waals surface area contributed by atoms with Gasteiger partial charge >= 0.3 is 0 Å². The highest BCUT2D eigenvalue weighted by Crippen LogP contribution is 2.30. The van der Waals surface area contributed by atoms with Gasteiger partial charge in [0.25, 0.3) is 0 Å². The molecule has 0 aliphatic heterocycles.